The van der Waals surface area contributed by atoms with E-state index < -0.39 is 0 Å². The Morgan fingerprint density at radius 1 is 1.38 bits per heavy atom. The number of benzene rings is 1. The monoisotopic (exact) mass is 306 g/mol. The molecule has 116 valence electrons. The zero-order chi connectivity index (χ0) is 15.3. The van der Waals surface area contributed by atoms with Gasteiger partial charge in [-0.05, 0) is 24.8 Å². The van der Waals surface area contributed by atoms with Crippen LogP contribution in [0.1, 0.15) is 32.8 Å². The third-order valence-electron chi connectivity index (χ3n) is 4.44. The van der Waals surface area contributed by atoms with Crippen LogP contribution in [0.5, 0.6) is 0 Å². The molecule has 1 fully saturated rings. The van der Waals surface area contributed by atoms with Crippen molar-refractivity contribution >= 4 is 11.6 Å². The number of piperazine rings is 1. The van der Waals surface area contributed by atoms with Crippen molar-refractivity contribution in [1.82, 2.24) is 10.2 Å². The summed E-state index contributed by atoms with van der Waals surface area (Å²) in [6, 6.07) is 11.3. The Morgan fingerprint density at radius 3 is 2.71 bits per heavy atom. The Labute approximate surface area is 134 Å². The van der Waals surface area contributed by atoms with Crippen molar-refractivity contribution in [2.75, 3.05) is 19.6 Å². The zero-order valence-corrected chi connectivity index (χ0v) is 14.1. The minimum Gasteiger partial charge on any atom is -0.311 e. The fraction of sp³-hybridized carbons (Fsp3) is 0.556. The van der Waals surface area contributed by atoms with Gasteiger partial charge in [0.25, 0.3) is 0 Å². The summed E-state index contributed by atoms with van der Waals surface area (Å²) in [6.07, 6.45) is 3.26. The molecule has 1 N–H and O–H groups in total. The Balaban J connectivity index is 2.19. The topological polar surface area (TPSA) is 15.3 Å². The SMILES string of the molecule is CC(C)CC1CN(C/C=C/Cl)C(C)(c2ccccc2)CN1. The van der Waals surface area contributed by atoms with Crippen LogP contribution >= 0.6 is 11.6 Å². The minimum absolute atomic E-state index is 0.0190. The first-order chi connectivity index (χ1) is 10.1. The molecular weight excluding hydrogens is 280 g/mol. The first-order valence-electron chi connectivity index (χ1n) is 7.85. The molecular formula is C18H27ClN2. The maximum Gasteiger partial charge on any atom is 0.0561 e. The lowest BCUT2D eigenvalue weighted by molar-refractivity contribution is 0.0564. The Kier molecular flexibility index (Phi) is 5.86. The molecule has 1 saturated heterocycles. The number of hydrogen-bond acceptors (Lipinski definition) is 2. The van der Waals surface area contributed by atoms with Gasteiger partial charge in [-0.25, -0.2) is 0 Å². The highest BCUT2D eigenvalue weighted by molar-refractivity contribution is 6.25. The third kappa shape index (κ3) is 4.09. The van der Waals surface area contributed by atoms with Gasteiger partial charge in [0.05, 0.1) is 5.54 Å². The third-order valence-corrected chi connectivity index (χ3v) is 4.62. The summed E-state index contributed by atoms with van der Waals surface area (Å²) in [5.74, 6) is 0.717. The van der Waals surface area contributed by atoms with Gasteiger partial charge in [0, 0.05) is 31.2 Å². The standard InChI is InChI=1S/C18H27ClN2/c1-15(2)12-17-13-21(11-7-10-19)18(3,14-20-17)16-8-5-4-6-9-16/h4-10,15,17,20H,11-14H2,1-3H3/b10-7+. The first kappa shape index (κ1) is 16.5. The summed E-state index contributed by atoms with van der Waals surface area (Å²) in [6.45, 7) is 9.83. The largest absolute Gasteiger partial charge is 0.311 e. The molecule has 2 unspecified atom stereocenters. The van der Waals surface area contributed by atoms with Gasteiger partial charge < -0.3 is 5.32 Å². The van der Waals surface area contributed by atoms with Crippen LogP contribution in [-0.2, 0) is 5.54 Å². The van der Waals surface area contributed by atoms with Crippen molar-refractivity contribution in [2.24, 2.45) is 5.92 Å². The number of hydrogen-bond donors (Lipinski definition) is 1. The van der Waals surface area contributed by atoms with Crippen molar-refractivity contribution in [2.45, 2.75) is 38.8 Å². The van der Waals surface area contributed by atoms with E-state index in [1.807, 2.05) is 6.08 Å². The molecule has 1 aromatic carbocycles. The van der Waals surface area contributed by atoms with Crippen LogP contribution in [0, 0.1) is 5.92 Å². The lowest BCUT2D eigenvalue weighted by Gasteiger charge is -2.48. The smallest absolute Gasteiger partial charge is 0.0561 e. The van der Waals surface area contributed by atoms with Gasteiger partial charge in [-0.3, -0.25) is 4.90 Å². The molecule has 0 amide bonds. The first-order valence-corrected chi connectivity index (χ1v) is 8.29. The van der Waals surface area contributed by atoms with E-state index in [1.54, 1.807) is 5.54 Å². The molecule has 0 aromatic heterocycles. The molecule has 1 aliphatic rings. The molecule has 0 spiro atoms. The molecule has 2 atom stereocenters. The highest BCUT2D eigenvalue weighted by atomic mass is 35.5. The van der Waals surface area contributed by atoms with Crippen LogP contribution < -0.4 is 5.32 Å². The van der Waals surface area contributed by atoms with Crippen molar-refractivity contribution in [3.63, 3.8) is 0 Å². The predicted octanol–water partition coefficient (Wildman–Crippen LogP) is 3.97. The van der Waals surface area contributed by atoms with E-state index in [2.05, 4.69) is 61.3 Å². The molecule has 0 aliphatic carbocycles. The lowest BCUT2D eigenvalue weighted by atomic mass is 9.85. The Morgan fingerprint density at radius 2 is 2.10 bits per heavy atom. The van der Waals surface area contributed by atoms with Crippen LogP contribution in [0.15, 0.2) is 41.9 Å². The summed E-state index contributed by atoms with van der Waals surface area (Å²) >= 11 is 5.76. The molecule has 0 radical (unpaired) electrons. The number of nitrogens with one attached hydrogen (secondary N) is 1. The van der Waals surface area contributed by atoms with Gasteiger partial charge in [0.2, 0.25) is 0 Å². The van der Waals surface area contributed by atoms with E-state index in [9.17, 15) is 0 Å². The van der Waals surface area contributed by atoms with E-state index in [0.29, 0.717) is 12.0 Å². The second-order valence-electron chi connectivity index (χ2n) is 6.61. The van der Waals surface area contributed by atoms with Gasteiger partial charge in [-0.2, -0.15) is 0 Å². The predicted molar refractivity (Wildman–Crippen MR) is 91.6 cm³/mol. The average molecular weight is 307 g/mol. The van der Waals surface area contributed by atoms with Gasteiger partial charge in [-0.15, -0.1) is 0 Å². The van der Waals surface area contributed by atoms with E-state index >= 15 is 0 Å². The molecule has 0 saturated carbocycles. The van der Waals surface area contributed by atoms with Crippen molar-refractivity contribution < 1.29 is 0 Å². The van der Waals surface area contributed by atoms with Gasteiger partial charge >= 0.3 is 0 Å². The van der Waals surface area contributed by atoms with Gasteiger partial charge in [0.1, 0.15) is 0 Å². The zero-order valence-electron chi connectivity index (χ0n) is 13.3. The second kappa shape index (κ2) is 7.44. The summed E-state index contributed by atoms with van der Waals surface area (Å²) < 4.78 is 0. The highest BCUT2D eigenvalue weighted by Gasteiger charge is 2.38. The maximum absolute atomic E-state index is 5.76. The van der Waals surface area contributed by atoms with Crippen LogP contribution in [0.2, 0.25) is 0 Å². The highest BCUT2D eigenvalue weighted by Crippen LogP contribution is 2.31. The Bertz CT molecular complexity index is 458. The fourth-order valence-corrected chi connectivity index (χ4v) is 3.32. The van der Waals surface area contributed by atoms with Crippen LogP contribution in [0.3, 0.4) is 0 Å². The molecule has 21 heavy (non-hydrogen) atoms. The van der Waals surface area contributed by atoms with Gasteiger partial charge in [0.15, 0.2) is 0 Å². The van der Waals surface area contributed by atoms with Crippen molar-refractivity contribution in [3.8, 4) is 0 Å². The van der Waals surface area contributed by atoms with E-state index in [0.717, 1.165) is 19.6 Å². The molecule has 2 nitrogen and oxygen atoms in total. The molecule has 2 rings (SSSR count). The summed E-state index contributed by atoms with van der Waals surface area (Å²) in [7, 11) is 0. The lowest BCUT2D eigenvalue weighted by Crippen LogP contribution is -2.61. The fourth-order valence-electron chi connectivity index (χ4n) is 3.24. The van der Waals surface area contributed by atoms with Gasteiger partial charge in [-0.1, -0.05) is 61.9 Å². The maximum atomic E-state index is 5.76. The number of halogens is 1. The van der Waals surface area contributed by atoms with Crippen molar-refractivity contribution in [1.29, 1.82) is 0 Å². The summed E-state index contributed by atoms with van der Waals surface area (Å²) in [4.78, 5) is 2.55. The normalized spacial score (nSPS) is 27.6. The van der Waals surface area contributed by atoms with Crippen LogP contribution in [0.4, 0.5) is 0 Å². The van der Waals surface area contributed by atoms with E-state index in [1.165, 1.54) is 12.0 Å². The van der Waals surface area contributed by atoms with E-state index in [4.69, 9.17) is 11.6 Å². The van der Waals surface area contributed by atoms with Crippen molar-refractivity contribution in [3.05, 3.63) is 47.5 Å². The molecule has 1 aromatic rings. The molecule has 3 heteroatoms. The quantitative estimate of drug-likeness (QED) is 0.885. The summed E-state index contributed by atoms with van der Waals surface area (Å²) in [5, 5.41) is 3.75. The van der Waals surface area contributed by atoms with Crippen LogP contribution in [-0.4, -0.2) is 30.6 Å². The minimum atomic E-state index is 0.0190. The summed E-state index contributed by atoms with van der Waals surface area (Å²) in [5.41, 5.74) is 3.01. The molecule has 1 heterocycles. The number of rotatable bonds is 5. The van der Waals surface area contributed by atoms with Crippen LogP contribution in [0.25, 0.3) is 0 Å². The molecule has 1 aliphatic heterocycles. The van der Waals surface area contributed by atoms with E-state index in [-0.39, 0.29) is 5.54 Å². The second-order valence-corrected chi connectivity index (χ2v) is 6.87. The Hall–Kier alpha value is -0.830. The molecule has 0 bridgehead atoms. The average Bonchev–Trinajstić information content (AvgIpc) is 2.48. The number of nitrogens with zero attached hydrogens (tertiary/aromatic N) is 1.